The molecule has 0 bridgehead atoms. The van der Waals surface area contributed by atoms with Crippen LogP contribution < -0.4 is 11.1 Å². The molecule has 4 rings (SSSR count). The minimum atomic E-state index is -3.41. The summed E-state index contributed by atoms with van der Waals surface area (Å²) in [5.41, 5.74) is 7.18. The molecule has 2 heterocycles. The fraction of sp³-hybridized carbons (Fsp3) is 0.333. The van der Waals surface area contributed by atoms with Crippen LogP contribution in [-0.4, -0.2) is 34.2 Å². The summed E-state index contributed by atoms with van der Waals surface area (Å²) in [5.74, 6) is 1.11. The van der Waals surface area contributed by atoms with E-state index in [2.05, 4.69) is 15.3 Å². The lowest BCUT2D eigenvalue weighted by Gasteiger charge is -2.17. The van der Waals surface area contributed by atoms with E-state index in [4.69, 9.17) is 10.7 Å². The molecule has 0 spiro atoms. The highest BCUT2D eigenvalue weighted by atomic mass is 32.2. The minimum Gasteiger partial charge on any atom is -0.382 e. The van der Waals surface area contributed by atoms with E-state index in [1.165, 1.54) is 12.6 Å². The molecule has 3 aromatic rings. The Kier molecular flexibility index (Phi) is 4.19. The van der Waals surface area contributed by atoms with E-state index < -0.39 is 9.84 Å². The number of nitrogen functional groups attached to an aromatic ring is 1. The Hall–Kier alpha value is -3.19. The number of sulfone groups is 1. The number of para-hydroxylation sites is 1. The lowest BCUT2D eigenvalue weighted by atomic mass is 10.2. The number of nitrogens with two attached hydrogens (primary N) is 1. The second-order valence-corrected chi connectivity index (χ2v) is 8.91. The first-order chi connectivity index (χ1) is 13.3. The second kappa shape index (κ2) is 6.45. The van der Waals surface area contributed by atoms with E-state index in [-0.39, 0.29) is 28.4 Å². The van der Waals surface area contributed by atoms with Crippen LogP contribution >= 0.6 is 0 Å². The van der Waals surface area contributed by atoms with Crippen LogP contribution in [0.3, 0.4) is 0 Å². The molecule has 1 aliphatic rings. The monoisotopic (exact) mass is 397 g/mol. The third kappa shape index (κ3) is 3.03. The van der Waals surface area contributed by atoms with Crippen LogP contribution in [0.2, 0.25) is 0 Å². The maximum atomic E-state index is 12.3. The van der Waals surface area contributed by atoms with Crippen molar-refractivity contribution in [3.63, 3.8) is 0 Å². The molecule has 1 atom stereocenters. The Morgan fingerprint density at radius 3 is 2.75 bits per heavy atom. The fourth-order valence-electron chi connectivity index (χ4n) is 3.33. The van der Waals surface area contributed by atoms with Gasteiger partial charge in [-0.25, -0.2) is 23.4 Å². The highest BCUT2D eigenvalue weighted by Crippen LogP contribution is 2.42. The molecule has 0 aliphatic heterocycles. The van der Waals surface area contributed by atoms with Gasteiger partial charge in [0.2, 0.25) is 0 Å². The summed E-state index contributed by atoms with van der Waals surface area (Å²) < 4.78 is 26.6. The molecular weight excluding hydrogens is 378 g/mol. The Morgan fingerprint density at radius 1 is 1.36 bits per heavy atom. The van der Waals surface area contributed by atoms with Gasteiger partial charge < -0.3 is 15.6 Å². The molecule has 2 aromatic heterocycles. The van der Waals surface area contributed by atoms with Gasteiger partial charge in [0.25, 0.3) is 0 Å². The first kappa shape index (κ1) is 18.2. The smallest absolute Gasteiger partial charge is 0.177 e. The highest BCUT2D eigenvalue weighted by molar-refractivity contribution is 7.91. The van der Waals surface area contributed by atoms with E-state index >= 15 is 0 Å². The van der Waals surface area contributed by atoms with Gasteiger partial charge in [0.1, 0.15) is 35.4 Å². The topological polar surface area (TPSA) is 140 Å². The van der Waals surface area contributed by atoms with Gasteiger partial charge in [-0.2, -0.15) is 5.26 Å². The van der Waals surface area contributed by atoms with Crippen LogP contribution in [0.1, 0.15) is 43.2 Å². The van der Waals surface area contributed by atoms with E-state index in [0.29, 0.717) is 22.7 Å². The third-order valence-electron chi connectivity index (χ3n) is 4.74. The maximum Gasteiger partial charge on any atom is 0.177 e. The number of hydrogen-bond acceptors (Lipinski definition) is 8. The van der Waals surface area contributed by atoms with Gasteiger partial charge >= 0.3 is 0 Å². The van der Waals surface area contributed by atoms with Crippen molar-refractivity contribution in [3.05, 3.63) is 35.9 Å². The molecule has 9 nitrogen and oxygen atoms in total. The van der Waals surface area contributed by atoms with Crippen LogP contribution in [-0.2, 0) is 9.84 Å². The fourth-order valence-corrected chi connectivity index (χ4v) is 4.21. The van der Waals surface area contributed by atoms with Crippen LogP contribution in [0, 0.1) is 11.3 Å². The zero-order valence-electron chi connectivity index (χ0n) is 15.4. The lowest BCUT2D eigenvalue weighted by molar-refractivity contribution is 0.601. The van der Waals surface area contributed by atoms with Gasteiger partial charge in [0.05, 0.1) is 22.0 Å². The summed E-state index contributed by atoms with van der Waals surface area (Å²) in [5, 5.41) is 12.5. The number of anilines is 2. The van der Waals surface area contributed by atoms with Gasteiger partial charge in [-0.15, -0.1) is 0 Å². The Morgan fingerprint density at radius 2 is 2.11 bits per heavy atom. The average molecular weight is 397 g/mol. The van der Waals surface area contributed by atoms with E-state index in [0.717, 1.165) is 12.8 Å². The van der Waals surface area contributed by atoms with Crippen molar-refractivity contribution in [2.24, 2.45) is 0 Å². The number of imidazole rings is 1. The molecule has 1 aromatic carbocycles. The first-order valence-corrected chi connectivity index (χ1v) is 10.7. The maximum absolute atomic E-state index is 12.3. The lowest BCUT2D eigenvalue weighted by Crippen LogP contribution is -2.16. The van der Waals surface area contributed by atoms with Crippen LogP contribution in [0.5, 0.6) is 0 Å². The zero-order chi connectivity index (χ0) is 20.1. The standard InChI is InChI=1S/C18H19N7O2S/c1-10(23-17-12(8-19)16(20)21-9-22-17)18-24-13-4-3-5-14(28(2,26)27)15(13)25(18)11-6-7-11/h3-5,9-11H,6-7H2,1-2H3,(H3,20,21,22,23). The average Bonchev–Trinajstić information content (AvgIpc) is 3.40. The molecule has 0 amide bonds. The van der Waals surface area contributed by atoms with Crippen molar-refractivity contribution < 1.29 is 8.42 Å². The number of rotatable bonds is 5. The van der Waals surface area contributed by atoms with Gasteiger partial charge in [-0.1, -0.05) is 6.07 Å². The van der Waals surface area contributed by atoms with Gasteiger partial charge in [0.15, 0.2) is 9.84 Å². The normalized spacial score (nSPS) is 15.3. The number of fused-ring (bicyclic) bond motifs is 1. The summed E-state index contributed by atoms with van der Waals surface area (Å²) in [6.45, 7) is 1.89. The molecule has 28 heavy (non-hydrogen) atoms. The predicted molar refractivity (Wildman–Crippen MR) is 104 cm³/mol. The number of nitriles is 1. The zero-order valence-corrected chi connectivity index (χ0v) is 16.2. The van der Waals surface area contributed by atoms with E-state index in [1.54, 1.807) is 12.1 Å². The third-order valence-corrected chi connectivity index (χ3v) is 5.87. The molecule has 1 saturated carbocycles. The van der Waals surface area contributed by atoms with Gasteiger partial charge in [0, 0.05) is 12.3 Å². The number of nitrogens with zero attached hydrogens (tertiary/aromatic N) is 5. The Labute approximate surface area is 162 Å². The summed E-state index contributed by atoms with van der Waals surface area (Å²) >= 11 is 0. The Bertz CT molecular complexity index is 1220. The van der Waals surface area contributed by atoms with E-state index in [1.807, 2.05) is 23.6 Å². The second-order valence-electron chi connectivity index (χ2n) is 6.93. The van der Waals surface area contributed by atoms with Crippen molar-refractivity contribution in [2.75, 3.05) is 17.3 Å². The molecule has 10 heteroatoms. The molecule has 1 aliphatic carbocycles. The van der Waals surface area contributed by atoms with Crippen molar-refractivity contribution in [2.45, 2.75) is 36.7 Å². The van der Waals surface area contributed by atoms with Crippen molar-refractivity contribution in [1.82, 2.24) is 19.5 Å². The van der Waals surface area contributed by atoms with Gasteiger partial charge in [-0.05, 0) is 31.9 Å². The van der Waals surface area contributed by atoms with Gasteiger partial charge in [-0.3, -0.25) is 0 Å². The first-order valence-electron chi connectivity index (χ1n) is 8.79. The molecule has 144 valence electrons. The summed E-state index contributed by atoms with van der Waals surface area (Å²) in [6, 6.07) is 7.00. The quantitative estimate of drug-likeness (QED) is 0.668. The van der Waals surface area contributed by atoms with Crippen LogP contribution in [0.15, 0.2) is 29.4 Å². The van der Waals surface area contributed by atoms with Crippen LogP contribution in [0.25, 0.3) is 11.0 Å². The predicted octanol–water partition coefficient (Wildman–Crippen LogP) is 2.19. The van der Waals surface area contributed by atoms with Crippen molar-refractivity contribution >= 4 is 32.5 Å². The number of hydrogen-bond donors (Lipinski definition) is 2. The number of nitrogens with one attached hydrogen (secondary N) is 1. The van der Waals surface area contributed by atoms with Crippen LogP contribution in [0.4, 0.5) is 11.6 Å². The number of aromatic nitrogens is 4. The van der Waals surface area contributed by atoms with E-state index in [9.17, 15) is 13.7 Å². The highest BCUT2D eigenvalue weighted by Gasteiger charge is 2.32. The summed E-state index contributed by atoms with van der Waals surface area (Å²) in [4.78, 5) is 12.9. The SMILES string of the molecule is CC(Nc1ncnc(N)c1C#N)c1nc2cccc(S(C)(=O)=O)c2n1C1CC1. The molecule has 3 N–H and O–H groups in total. The largest absolute Gasteiger partial charge is 0.382 e. The van der Waals surface area contributed by atoms with Crippen molar-refractivity contribution in [1.29, 1.82) is 5.26 Å². The summed E-state index contributed by atoms with van der Waals surface area (Å²) in [7, 11) is -3.41. The molecule has 0 radical (unpaired) electrons. The minimum absolute atomic E-state index is 0.0993. The van der Waals surface area contributed by atoms with Crippen molar-refractivity contribution in [3.8, 4) is 6.07 Å². The molecular formula is C18H19N7O2S. The number of benzene rings is 1. The Balaban J connectivity index is 1.85. The summed E-state index contributed by atoms with van der Waals surface area (Å²) in [6.07, 6.45) is 4.42. The molecule has 1 unspecified atom stereocenters. The molecule has 1 fully saturated rings. The molecule has 0 saturated heterocycles.